The molecule has 0 radical (unpaired) electrons. The van der Waals surface area contributed by atoms with Gasteiger partial charge in [0.2, 0.25) is 15.9 Å². The van der Waals surface area contributed by atoms with Gasteiger partial charge in [-0.3, -0.25) is 4.79 Å². The van der Waals surface area contributed by atoms with Gasteiger partial charge in [-0.25, -0.2) is 13.4 Å². The van der Waals surface area contributed by atoms with Crippen LogP contribution < -0.4 is 5.32 Å². The molecule has 8 nitrogen and oxygen atoms in total. The number of nitrogens with one attached hydrogen (secondary N) is 2. The molecule has 10 heteroatoms. The van der Waals surface area contributed by atoms with Crippen LogP contribution in [-0.2, 0) is 19.6 Å². The quantitative estimate of drug-likeness (QED) is 0.579. The van der Waals surface area contributed by atoms with E-state index >= 15 is 0 Å². The second-order valence-electron chi connectivity index (χ2n) is 6.44. The molecule has 3 aromatic rings. The molecule has 1 saturated heterocycles. The molecule has 0 bridgehead atoms. The second kappa shape index (κ2) is 8.54. The van der Waals surface area contributed by atoms with E-state index < -0.39 is 10.0 Å². The lowest BCUT2D eigenvalue weighted by Crippen LogP contribution is -2.40. The Morgan fingerprint density at radius 1 is 1.14 bits per heavy atom. The van der Waals surface area contributed by atoms with Gasteiger partial charge in [0.15, 0.2) is 5.16 Å². The number of fused-ring (bicyclic) bond motifs is 1. The van der Waals surface area contributed by atoms with Crippen LogP contribution in [-0.4, -0.2) is 60.7 Å². The summed E-state index contributed by atoms with van der Waals surface area (Å²) in [5.74, 6) is -0.00700. The number of para-hydroxylation sites is 2. The average molecular weight is 433 g/mol. The van der Waals surface area contributed by atoms with Crippen molar-refractivity contribution in [3.05, 3.63) is 48.5 Å². The molecular weight excluding hydrogens is 412 g/mol. The predicted octanol–water partition coefficient (Wildman–Crippen LogP) is 2.31. The van der Waals surface area contributed by atoms with Crippen molar-refractivity contribution >= 4 is 44.4 Å². The largest absolute Gasteiger partial charge is 0.379 e. The van der Waals surface area contributed by atoms with Gasteiger partial charge < -0.3 is 15.0 Å². The van der Waals surface area contributed by atoms with Gasteiger partial charge in [0.1, 0.15) is 0 Å². The smallest absolute Gasteiger partial charge is 0.243 e. The summed E-state index contributed by atoms with van der Waals surface area (Å²) in [5.41, 5.74) is 2.32. The number of aromatic amines is 1. The topological polar surface area (TPSA) is 104 Å². The molecule has 2 aromatic carbocycles. The zero-order chi connectivity index (χ0) is 20.3. The molecule has 2 heterocycles. The van der Waals surface area contributed by atoms with E-state index in [1.165, 1.54) is 28.2 Å². The summed E-state index contributed by atoms with van der Waals surface area (Å²) >= 11 is 1.31. The molecule has 0 saturated carbocycles. The minimum Gasteiger partial charge on any atom is -0.379 e. The highest BCUT2D eigenvalue weighted by Gasteiger charge is 2.26. The first-order chi connectivity index (χ1) is 14.0. The number of imidazole rings is 1. The average Bonchev–Trinajstić information content (AvgIpc) is 3.16. The maximum Gasteiger partial charge on any atom is 0.243 e. The molecule has 152 valence electrons. The van der Waals surface area contributed by atoms with Gasteiger partial charge in [-0.05, 0) is 36.4 Å². The number of ether oxygens (including phenoxy) is 1. The Bertz CT molecular complexity index is 1070. The monoisotopic (exact) mass is 432 g/mol. The summed E-state index contributed by atoms with van der Waals surface area (Å²) in [6.07, 6.45) is 0. The Morgan fingerprint density at radius 3 is 2.59 bits per heavy atom. The number of sulfonamides is 1. The summed E-state index contributed by atoms with van der Waals surface area (Å²) in [6, 6.07) is 13.9. The van der Waals surface area contributed by atoms with Crippen molar-refractivity contribution < 1.29 is 17.9 Å². The van der Waals surface area contributed by atoms with Crippen LogP contribution >= 0.6 is 11.8 Å². The number of H-pyrrole nitrogens is 1. The first-order valence-electron chi connectivity index (χ1n) is 9.08. The Kier molecular flexibility index (Phi) is 5.86. The van der Waals surface area contributed by atoms with Crippen molar-refractivity contribution in [3.8, 4) is 0 Å². The molecule has 1 aliphatic heterocycles. The van der Waals surface area contributed by atoms with Gasteiger partial charge in [0.05, 0.1) is 34.9 Å². The third kappa shape index (κ3) is 4.61. The number of morpholine rings is 1. The van der Waals surface area contributed by atoms with Crippen LogP contribution in [0.5, 0.6) is 0 Å². The van der Waals surface area contributed by atoms with E-state index in [9.17, 15) is 13.2 Å². The van der Waals surface area contributed by atoms with Gasteiger partial charge in [-0.1, -0.05) is 23.9 Å². The van der Waals surface area contributed by atoms with E-state index in [1.54, 1.807) is 12.1 Å². The van der Waals surface area contributed by atoms with Gasteiger partial charge in [-0.15, -0.1) is 0 Å². The Labute approximate surface area is 172 Å². The summed E-state index contributed by atoms with van der Waals surface area (Å²) < 4.78 is 31.9. The third-order valence-electron chi connectivity index (χ3n) is 4.45. The Balaban J connectivity index is 1.35. The van der Waals surface area contributed by atoms with Crippen LogP contribution in [0, 0.1) is 0 Å². The molecule has 1 amide bonds. The minimum atomic E-state index is -3.54. The normalized spacial score (nSPS) is 15.4. The fourth-order valence-electron chi connectivity index (χ4n) is 2.97. The molecule has 0 atom stereocenters. The van der Waals surface area contributed by atoms with Crippen molar-refractivity contribution in [2.24, 2.45) is 0 Å². The number of anilines is 1. The lowest BCUT2D eigenvalue weighted by molar-refractivity contribution is -0.113. The van der Waals surface area contributed by atoms with E-state index in [0.29, 0.717) is 37.1 Å². The van der Waals surface area contributed by atoms with Crippen LogP contribution in [0.2, 0.25) is 0 Å². The maximum atomic E-state index is 12.6. The highest BCUT2D eigenvalue weighted by molar-refractivity contribution is 7.99. The van der Waals surface area contributed by atoms with E-state index in [2.05, 4.69) is 15.3 Å². The molecule has 0 unspecified atom stereocenters. The highest BCUT2D eigenvalue weighted by Crippen LogP contribution is 2.21. The standard InChI is InChI=1S/C19H20N4O4S2/c24-18(13-28-19-21-16-3-1-2-4-17(16)22-19)20-14-5-7-15(8-6-14)29(25,26)23-9-11-27-12-10-23/h1-8H,9-13H2,(H,20,24)(H,21,22). The van der Waals surface area contributed by atoms with Crippen LogP contribution in [0.15, 0.2) is 58.6 Å². The number of benzene rings is 2. The summed E-state index contributed by atoms with van der Waals surface area (Å²) in [5, 5.41) is 3.45. The number of aromatic nitrogens is 2. The predicted molar refractivity (Wildman–Crippen MR) is 111 cm³/mol. The molecule has 1 aromatic heterocycles. The fourth-order valence-corrected chi connectivity index (χ4v) is 5.07. The summed E-state index contributed by atoms with van der Waals surface area (Å²) in [4.78, 5) is 20.0. The second-order valence-corrected chi connectivity index (χ2v) is 9.34. The molecule has 0 aliphatic carbocycles. The first kappa shape index (κ1) is 19.9. The number of amides is 1. The van der Waals surface area contributed by atoms with E-state index in [4.69, 9.17) is 4.74 Å². The number of hydrogen-bond donors (Lipinski definition) is 2. The molecule has 1 aliphatic rings. The molecule has 2 N–H and O–H groups in total. The molecule has 4 rings (SSSR count). The van der Waals surface area contributed by atoms with Crippen LogP contribution in [0.3, 0.4) is 0 Å². The zero-order valence-corrected chi connectivity index (χ0v) is 17.1. The van der Waals surface area contributed by atoms with Gasteiger partial charge in [-0.2, -0.15) is 4.31 Å². The minimum absolute atomic E-state index is 0.188. The van der Waals surface area contributed by atoms with Crippen LogP contribution in [0.4, 0.5) is 5.69 Å². The fraction of sp³-hybridized carbons (Fsp3) is 0.263. The number of carbonyl (C=O) groups excluding carboxylic acids is 1. The lowest BCUT2D eigenvalue weighted by atomic mass is 10.3. The number of nitrogens with zero attached hydrogens (tertiary/aromatic N) is 2. The van der Waals surface area contributed by atoms with Crippen molar-refractivity contribution in [3.63, 3.8) is 0 Å². The van der Waals surface area contributed by atoms with Gasteiger partial charge >= 0.3 is 0 Å². The van der Waals surface area contributed by atoms with Gasteiger partial charge in [0.25, 0.3) is 0 Å². The third-order valence-corrected chi connectivity index (χ3v) is 7.24. The molecule has 1 fully saturated rings. The van der Waals surface area contributed by atoms with Crippen LogP contribution in [0.25, 0.3) is 11.0 Å². The Morgan fingerprint density at radius 2 is 1.86 bits per heavy atom. The van der Waals surface area contributed by atoms with Crippen molar-refractivity contribution in [2.45, 2.75) is 10.1 Å². The van der Waals surface area contributed by atoms with E-state index in [-0.39, 0.29) is 16.6 Å². The lowest BCUT2D eigenvalue weighted by Gasteiger charge is -2.26. The summed E-state index contributed by atoms with van der Waals surface area (Å²) in [6.45, 7) is 1.49. The maximum absolute atomic E-state index is 12.6. The molecular formula is C19H20N4O4S2. The van der Waals surface area contributed by atoms with E-state index in [0.717, 1.165) is 11.0 Å². The molecule has 0 spiro atoms. The number of rotatable bonds is 6. The van der Waals surface area contributed by atoms with Crippen molar-refractivity contribution in [2.75, 3.05) is 37.4 Å². The molecule has 29 heavy (non-hydrogen) atoms. The van der Waals surface area contributed by atoms with Crippen LogP contribution in [0.1, 0.15) is 0 Å². The van der Waals surface area contributed by atoms with E-state index in [1.807, 2.05) is 24.3 Å². The van der Waals surface area contributed by atoms with Crippen molar-refractivity contribution in [1.29, 1.82) is 0 Å². The number of carbonyl (C=O) groups is 1. The first-order valence-corrected chi connectivity index (χ1v) is 11.5. The van der Waals surface area contributed by atoms with Gasteiger partial charge in [0, 0.05) is 18.8 Å². The SMILES string of the molecule is O=C(CSc1nc2ccccc2[nH]1)Nc1ccc(S(=O)(=O)N2CCOCC2)cc1. The zero-order valence-electron chi connectivity index (χ0n) is 15.5. The highest BCUT2D eigenvalue weighted by atomic mass is 32.2. The Hall–Kier alpha value is -2.40. The number of thioether (sulfide) groups is 1. The number of hydrogen-bond acceptors (Lipinski definition) is 6. The summed E-state index contributed by atoms with van der Waals surface area (Å²) in [7, 11) is -3.54. The van der Waals surface area contributed by atoms with Crippen molar-refractivity contribution in [1.82, 2.24) is 14.3 Å².